The van der Waals surface area contributed by atoms with Gasteiger partial charge in [0, 0.05) is 6.54 Å². The first kappa shape index (κ1) is 17.1. The highest BCUT2D eigenvalue weighted by Crippen LogP contribution is 2.17. The molecule has 0 radical (unpaired) electrons. The maximum atomic E-state index is 13.7. The van der Waals surface area contributed by atoms with Gasteiger partial charge in [-0.15, -0.1) is 0 Å². The molecule has 0 fully saturated rings. The average molecular weight is 337 g/mol. The van der Waals surface area contributed by atoms with Gasteiger partial charge in [-0.3, -0.25) is 0 Å². The largest absolute Gasteiger partial charge is 0.478 e. The van der Waals surface area contributed by atoms with E-state index in [1.807, 2.05) is 19.1 Å². The van der Waals surface area contributed by atoms with Gasteiger partial charge >= 0.3 is 5.97 Å². The van der Waals surface area contributed by atoms with E-state index in [2.05, 4.69) is 4.72 Å². The van der Waals surface area contributed by atoms with Crippen LogP contribution in [0.1, 0.15) is 28.4 Å². The van der Waals surface area contributed by atoms with E-state index in [9.17, 15) is 17.6 Å². The first-order chi connectivity index (χ1) is 10.8. The fourth-order valence-electron chi connectivity index (χ4n) is 1.99. The lowest BCUT2D eigenvalue weighted by molar-refractivity contribution is 0.0696. The number of carbonyl (C=O) groups is 1. The van der Waals surface area contributed by atoms with Crippen molar-refractivity contribution in [2.24, 2.45) is 0 Å². The second-order valence-corrected chi connectivity index (χ2v) is 6.68. The zero-order valence-corrected chi connectivity index (χ0v) is 13.2. The monoisotopic (exact) mass is 337 g/mol. The van der Waals surface area contributed by atoms with Crippen LogP contribution in [-0.4, -0.2) is 19.5 Å². The number of hydrogen-bond donors (Lipinski definition) is 2. The zero-order valence-electron chi connectivity index (χ0n) is 12.4. The summed E-state index contributed by atoms with van der Waals surface area (Å²) < 4.78 is 40.4. The lowest BCUT2D eigenvalue weighted by atomic mass is 10.1. The summed E-state index contributed by atoms with van der Waals surface area (Å²) >= 11 is 0. The van der Waals surface area contributed by atoms with Crippen molar-refractivity contribution in [3.63, 3.8) is 0 Å². The molecule has 0 atom stereocenters. The molecule has 5 nitrogen and oxygen atoms in total. The fourth-order valence-corrected chi connectivity index (χ4v) is 3.11. The Hall–Kier alpha value is -2.25. The zero-order chi connectivity index (χ0) is 17.0. The second kappa shape index (κ2) is 6.89. The minimum atomic E-state index is -4.15. The first-order valence-electron chi connectivity index (χ1n) is 6.94. The number of sulfonamides is 1. The third-order valence-corrected chi connectivity index (χ3v) is 4.78. The number of aryl methyl sites for hydroxylation is 1. The summed E-state index contributed by atoms with van der Waals surface area (Å²) in [5.74, 6) is -2.32. The number of hydrogen-bond acceptors (Lipinski definition) is 3. The normalized spacial score (nSPS) is 11.4. The molecule has 0 unspecified atom stereocenters. The van der Waals surface area contributed by atoms with Gasteiger partial charge < -0.3 is 5.11 Å². The number of carboxylic acids is 1. The Morgan fingerprint density at radius 2 is 1.74 bits per heavy atom. The second-order valence-electron chi connectivity index (χ2n) is 4.94. The van der Waals surface area contributed by atoms with E-state index >= 15 is 0 Å². The molecule has 7 heteroatoms. The Balaban J connectivity index is 2.21. The van der Waals surface area contributed by atoms with Crippen molar-refractivity contribution in [1.29, 1.82) is 0 Å². The van der Waals surface area contributed by atoms with Gasteiger partial charge in [-0.25, -0.2) is 22.3 Å². The van der Waals surface area contributed by atoms with Crippen LogP contribution in [0.15, 0.2) is 47.4 Å². The van der Waals surface area contributed by atoms with Crippen LogP contribution in [0, 0.1) is 5.82 Å². The van der Waals surface area contributed by atoms with Crippen LogP contribution < -0.4 is 4.72 Å². The van der Waals surface area contributed by atoms with E-state index in [0.29, 0.717) is 0 Å². The predicted molar refractivity (Wildman–Crippen MR) is 83.2 cm³/mol. The minimum Gasteiger partial charge on any atom is -0.478 e. The highest BCUT2D eigenvalue weighted by molar-refractivity contribution is 7.89. The summed E-state index contributed by atoms with van der Waals surface area (Å²) in [5.41, 5.74) is 1.55. The Bertz CT molecular complexity index is 816. The van der Waals surface area contributed by atoms with E-state index in [1.54, 1.807) is 12.1 Å². The molecule has 0 spiro atoms. The van der Waals surface area contributed by atoms with Crippen molar-refractivity contribution < 1.29 is 22.7 Å². The third kappa shape index (κ3) is 4.14. The Morgan fingerprint density at radius 3 is 2.30 bits per heavy atom. The van der Waals surface area contributed by atoms with Crippen LogP contribution in [0.25, 0.3) is 0 Å². The van der Waals surface area contributed by atoms with E-state index in [-0.39, 0.29) is 12.1 Å². The number of halogens is 1. The smallest absolute Gasteiger partial charge is 0.335 e. The average Bonchev–Trinajstić information content (AvgIpc) is 2.53. The molecule has 2 aromatic carbocycles. The molecular weight excluding hydrogens is 321 g/mol. The summed E-state index contributed by atoms with van der Waals surface area (Å²) in [5, 5.41) is 8.89. The number of nitrogens with one attached hydrogen (secondary N) is 1. The van der Waals surface area contributed by atoms with Gasteiger partial charge in [-0.2, -0.15) is 0 Å². The Kier molecular flexibility index (Phi) is 5.12. The molecule has 0 heterocycles. The number of carboxylic acid groups (broad SMARTS) is 1. The van der Waals surface area contributed by atoms with Crippen molar-refractivity contribution >= 4 is 16.0 Å². The SMILES string of the molecule is CCc1ccc(CNS(=O)(=O)c2cc(C(=O)O)ccc2F)cc1. The van der Waals surface area contributed by atoms with Gasteiger partial charge in [0.2, 0.25) is 10.0 Å². The molecule has 0 aliphatic carbocycles. The van der Waals surface area contributed by atoms with E-state index < -0.39 is 26.7 Å². The van der Waals surface area contributed by atoms with Crippen LogP contribution in [0.3, 0.4) is 0 Å². The molecule has 23 heavy (non-hydrogen) atoms. The predicted octanol–water partition coefficient (Wildman–Crippen LogP) is 2.56. The van der Waals surface area contributed by atoms with Crippen molar-refractivity contribution in [2.45, 2.75) is 24.8 Å². The van der Waals surface area contributed by atoms with Crippen LogP contribution in [-0.2, 0) is 23.0 Å². The molecular formula is C16H16FNO4S. The topological polar surface area (TPSA) is 83.5 Å². The number of rotatable bonds is 6. The van der Waals surface area contributed by atoms with Crippen LogP contribution in [0.5, 0.6) is 0 Å². The summed E-state index contributed by atoms with van der Waals surface area (Å²) in [6.07, 6.45) is 0.874. The fraction of sp³-hybridized carbons (Fsp3) is 0.188. The highest BCUT2D eigenvalue weighted by Gasteiger charge is 2.20. The molecule has 0 amide bonds. The standard InChI is InChI=1S/C16H16FNO4S/c1-2-11-3-5-12(6-4-11)10-18-23(21,22)15-9-13(16(19)20)7-8-14(15)17/h3-9,18H,2,10H2,1H3,(H,19,20). The summed E-state index contributed by atoms with van der Waals surface area (Å²) in [7, 11) is -4.15. The molecule has 2 rings (SSSR count). The summed E-state index contributed by atoms with van der Waals surface area (Å²) in [6.45, 7) is 2.00. The molecule has 2 aromatic rings. The van der Waals surface area contributed by atoms with Gasteiger partial charge in [-0.1, -0.05) is 31.2 Å². The summed E-state index contributed by atoms with van der Waals surface area (Å²) in [4.78, 5) is 10.2. The number of benzene rings is 2. The quantitative estimate of drug-likeness (QED) is 0.848. The number of aromatic carboxylic acids is 1. The first-order valence-corrected chi connectivity index (χ1v) is 8.42. The van der Waals surface area contributed by atoms with E-state index in [0.717, 1.165) is 35.7 Å². The lowest BCUT2D eigenvalue weighted by Crippen LogP contribution is -2.24. The van der Waals surface area contributed by atoms with Crippen molar-refractivity contribution in [3.8, 4) is 0 Å². The minimum absolute atomic E-state index is 0.0108. The van der Waals surface area contributed by atoms with Crippen LogP contribution in [0.2, 0.25) is 0 Å². The van der Waals surface area contributed by atoms with Crippen molar-refractivity contribution in [2.75, 3.05) is 0 Å². The molecule has 0 saturated carbocycles. The lowest BCUT2D eigenvalue weighted by Gasteiger charge is -2.09. The van der Waals surface area contributed by atoms with E-state index in [1.165, 1.54) is 0 Å². The molecule has 0 aliphatic rings. The molecule has 0 bridgehead atoms. The maximum absolute atomic E-state index is 13.7. The molecule has 0 saturated heterocycles. The van der Waals surface area contributed by atoms with Crippen molar-refractivity contribution in [3.05, 3.63) is 65.0 Å². The Morgan fingerprint density at radius 1 is 1.13 bits per heavy atom. The van der Waals surface area contributed by atoms with Gasteiger partial charge in [0.1, 0.15) is 10.7 Å². The summed E-state index contributed by atoms with van der Waals surface area (Å²) in [6, 6.07) is 9.98. The van der Waals surface area contributed by atoms with Gasteiger partial charge in [0.15, 0.2) is 0 Å². The van der Waals surface area contributed by atoms with E-state index in [4.69, 9.17) is 5.11 Å². The third-order valence-electron chi connectivity index (χ3n) is 3.37. The van der Waals surface area contributed by atoms with Crippen molar-refractivity contribution in [1.82, 2.24) is 4.72 Å². The molecule has 0 aliphatic heterocycles. The Labute approximate surface area is 133 Å². The van der Waals surface area contributed by atoms with Crippen LogP contribution in [0.4, 0.5) is 4.39 Å². The maximum Gasteiger partial charge on any atom is 0.335 e. The highest BCUT2D eigenvalue weighted by atomic mass is 32.2. The van der Waals surface area contributed by atoms with Gasteiger partial charge in [0.25, 0.3) is 0 Å². The molecule has 2 N–H and O–H groups in total. The molecule has 122 valence electrons. The molecule has 0 aromatic heterocycles. The van der Waals surface area contributed by atoms with Gasteiger partial charge in [0.05, 0.1) is 5.56 Å². The van der Waals surface area contributed by atoms with Crippen LogP contribution >= 0.6 is 0 Å². The van der Waals surface area contributed by atoms with Gasteiger partial charge in [-0.05, 0) is 35.7 Å².